The molecule has 2 aromatic rings. The highest BCUT2D eigenvalue weighted by Gasteiger charge is 2.03. The average Bonchev–Trinajstić information content (AvgIpc) is 2.22. The van der Waals surface area contributed by atoms with Gasteiger partial charge in [-0.15, -0.1) is 0 Å². The molecule has 0 aliphatic rings. The Kier molecular flexibility index (Phi) is 2.11. The van der Waals surface area contributed by atoms with Gasteiger partial charge in [0.25, 0.3) is 0 Å². The quantitative estimate of drug-likeness (QED) is 0.501. The van der Waals surface area contributed by atoms with Crippen molar-refractivity contribution in [2.24, 2.45) is 0 Å². The van der Waals surface area contributed by atoms with Gasteiger partial charge in [0.1, 0.15) is 18.1 Å². The van der Waals surface area contributed by atoms with E-state index < -0.39 is 0 Å². The van der Waals surface area contributed by atoms with Crippen molar-refractivity contribution in [3.05, 3.63) is 23.5 Å². The number of hydrogen-bond acceptors (Lipinski definition) is 1. The van der Waals surface area contributed by atoms with Gasteiger partial charge in [-0.05, 0) is 0 Å². The summed E-state index contributed by atoms with van der Waals surface area (Å²) in [7, 11) is 0. The molecule has 0 atom stereocenters. The number of halogens is 1. The Morgan fingerprint density at radius 3 is 3.10 bits per heavy atom. The van der Waals surface area contributed by atoms with Crippen LogP contribution in [-0.2, 0) is 0 Å². The SMILES string of the molecule is Cc1c[n+]2ccsc2[nH]1.[Br-]. The second-order valence-electron chi connectivity index (χ2n) is 2.05. The summed E-state index contributed by atoms with van der Waals surface area (Å²) in [5, 5.41) is 2.06. The van der Waals surface area contributed by atoms with Crippen molar-refractivity contribution in [3.63, 3.8) is 0 Å². The zero-order valence-corrected chi connectivity index (χ0v) is 7.87. The normalized spacial score (nSPS) is 9.70. The molecule has 0 saturated carbocycles. The lowest BCUT2D eigenvalue weighted by molar-refractivity contribution is -0.505. The Labute approximate surface area is 73.3 Å². The maximum Gasteiger partial charge on any atom is 0.343 e. The molecule has 0 amide bonds. The summed E-state index contributed by atoms with van der Waals surface area (Å²) in [5.74, 6) is 0. The maximum atomic E-state index is 3.22. The molecule has 2 aromatic heterocycles. The van der Waals surface area contributed by atoms with Crippen molar-refractivity contribution < 1.29 is 21.4 Å². The minimum atomic E-state index is 0. The molecule has 2 heterocycles. The van der Waals surface area contributed by atoms with Crippen LogP contribution in [0.5, 0.6) is 0 Å². The minimum Gasteiger partial charge on any atom is -1.00 e. The Morgan fingerprint density at radius 1 is 1.60 bits per heavy atom. The first kappa shape index (κ1) is 7.75. The zero-order chi connectivity index (χ0) is 6.27. The van der Waals surface area contributed by atoms with Gasteiger partial charge in [0, 0.05) is 12.3 Å². The lowest BCUT2D eigenvalue weighted by atomic mass is 10.6. The number of hydrogen-bond donors (Lipinski definition) is 1. The number of thiazole rings is 1. The van der Waals surface area contributed by atoms with Crippen LogP contribution in [0.4, 0.5) is 0 Å². The molecule has 0 bridgehead atoms. The number of aromatic amines is 1. The van der Waals surface area contributed by atoms with Crippen LogP contribution in [0.2, 0.25) is 0 Å². The Hall–Kier alpha value is -0.350. The van der Waals surface area contributed by atoms with E-state index in [1.54, 1.807) is 11.3 Å². The summed E-state index contributed by atoms with van der Waals surface area (Å²) in [4.78, 5) is 4.42. The first-order valence-electron chi connectivity index (χ1n) is 2.80. The van der Waals surface area contributed by atoms with Crippen LogP contribution in [-0.4, -0.2) is 4.98 Å². The van der Waals surface area contributed by atoms with Gasteiger partial charge in [-0.2, -0.15) is 4.40 Å². The molecule has 0 aromatic carbocycles. The fourth-order valence-corrected chi connectivity index (χ4v) is 1.67. The van der Waals surface area contributed by atoms with Gasteiger partial charge in [-0.25, -0.2) is 4.98 Å². The van der Waals surface area contributed by atoms with Gasteiger partial charge < -0.3 is 17.0 Å². The van der Waals surface area contributed by atoms with E-state index in [2.05, 4.69) is 27.9 Å². The van der Waals surface area contributed by atoms with Gasteiger partial charge in [-0.1, -0.05) is 11.3 Å². The Balaban J connectivity index is 0.000000500. The minimum absolute atomic E-state index is 0. The number of aryl methyl sites for hydroxylation is 1. The summed E-state index contributed by atoms with van der Waals surface area (Å²) in [6.07, 6.45) is 4.12. The molecule has 2 rings (SSSR count). The van der Waals surface area contributed by atoms with Crippen LogP contribution in [0.25, 0.3) is 4.96 Å². The smallest absolute Gasteiger partial charge is 0.343 e. The number of imidazole rings is 1. The van der Waals surface area contributed by atoms with Crippen molar-refractivity contribution in [1.82, 2.24) is 4.98 Å². The van der Waals surface area contributed by atoms with E-state index in [1.165, 1.54) is 10.7 Å². The molecular weight excluding hydrogens is 212 g/mol. The predicted octanol–water partition coefficient (Wildman–Crippen LogP) is -1.87. The molecule has 0 aliphatic heterocycles. The van der Waals surface area contributed by atoms with Gasteiger partial charge in [-0.3, -0.25) is 0 Å². The van der Waals surface area contributed by atoms with Gasteiger partial charge in [0.05, 0.1) is 0 Å². The molecule has 10 heavy (non-hydrogen) atoms. The van der Waals surface area contributed by atoms with E-state index in [0.717, 1.165) is 0 Å². The van der Waals surface area contributed by atoms with Crippen molar-refractivity contribution >= 4 is 16.3 Å². The Bertz CT molecular complexity index is 296. The van der Waals surface area contributed by atoms with Crippen molar-refractivity contribution in [1.29, 1.82) is 0 Å². The molecule has 1 N–H and O–H groups in total. The third-order valence-corrected chi connectivity index (χ3v) is 2.07. The topological polar surface area (TPSA) is 19.9 Å². The molecule has 4 heteroatoms. The number of H-pyrrole nitrogens is 1. The summed E-state index contributed by atoms with van der Waals surface area (Å²) in [5.41, 5.74) is 1.21. The first-order valence-corrected chi connectivity index (χ1v) is 3.68. The molecule has 54 valence electrons. The molecule has 0 fully saturated rings. The number of aromatic nitrogens is 2. The molecule has 0 aliphatic carbocycles. The van der Waals surface area contributed by atoms with Gasteiger partial charge in [0.15, 0.2) is 0 Å². The third kappa shape index (κ3) is 1.09. The lowest BCUT2D eigenvalue weighted by Crippen LogP contribution is -3.00. The van der Waals surface area contributed by atoms with Crippen LogP contribution in [0.3, 0.4) is 0 Å². The van der Waals surface area contributed by atoms with Crippen molar-refractivity contribution in [2.75, 3.05) is 0 Å². The summed E-state index contributed by atoms with van der Waals surface area (Å²) in [6, 6.07) is 0. The van der Waals surface area contributed by atoms with Crippen LogP contribution in [0.15, 0.2) is 17.8 Å². The fourth-order valence-electron chi connectivity index (χ4n) is 0.894. The molecule has 0 spiro atoms. The second-order valence-corrected chi connectivity index (χ2v) is 2.95. The van der Waals surface area contributed by atoms with E-state index >= 15 is 0 Å². The van der Waals surface area contributed by atoms with Crippen LogP contribution in [0, 0.1) is 6.92 Å². The number of nitrogens with one attached hydrogen (secondary N) is 1. The monoisotopic (exact) mass is 218 g/mol. The molecule has 0 saturated heterocycles. The Morgan fingerprint density at radius 2 is 2.40 bits per heavy atom. The lowest BCUT2D eigenvalue weighted by Gasteiger charge is -1.62. The first-order chi connectivity index (χ1) is 4.36. The van der Waals surface area contributed by atoms with Crippen LogP contribution < -0.4 is 21.4 Å². The van der Waals surface area contributed by atoms with Crippen LogP contribution in [0.1, 0.15) is 5.69 Å². The molecule has 0 radical (unpaired) electrons. The molecular formula is C6H7BrN2S. The largest absolute Gasteiger partial charge is 1.00 e. The molecule has 2 nitrogen and oxygen atoms in total. The highest BCUT2D eigenvalue weighted by molar-refractivity contribution is 7.14. The highest BCUT2D eigenvalue weighted by atomic mass is 79.9. The third-order valence-electron chi connectivity index (χ3n) is 1.27. The number of fused-ring (bicyclic) bond motifs is 1. The second kappa shape index (κ2) is 2.72. The summed E-state index contributed by atoms with van der Waals surface area (Å²) < 4.78 is 2.08. The van der Waals surface area contributed by atoms with Crippen molar-refractivity contribution in [3.8, 4) is 0 Å². The van der Waals surface area contributed by atoms with Crippen LogP contribution >= 0.6 is 11.3 Å². The highest BCUT2D eigenvalue weighted by Crippen LogP contribution is 2.02. The average molecular weight is 219 g/mol. The van der Waals surface area contributed by atoms with Crippen molar-refractivity contribution in [2.45, 2.75) is 6.92 Å². The van der Waals surface area contributed by atoms with E-state index in [1.807, 2.05) is 6.20 Å². The van der Waals surface area contributed by atoms with Gasteiger partial charge in [0.2, 0.25) is 0 Å². The van der Waals surface area contributed by atoms with E-state index in [9.17, 15) is 0 Å². The number of nitrogens with zero attached hydrogens (tertiary/aromatic N) is 1. The maximum absolute atomic E-state index is 3.22. The van der Waals surface area contributed by atoms with Gasteiger partial charge >= 0.3 is 4.96 Å². The summed E-state index contributed by atoms with van der Waals surface area (Å²) >= 11 is 1.72. The molecule has 0 unspecified atom stereocenters. The van der Waals surface area contributed by atoms with E-state index in [0.29, 0.717) is 0 Å². The fraction of sp³-hybridized carbons (Fsp3) is 0.167. The van der Waals surface area contributed by atoms with E-state index in [4.69, 9.17) is 0 Å². The zero-order valence-electron chi connectivity index (χ0n) is 5.47. The summed E-state index contributed by atoms with van der Waals surface area (Å²) in [6.45, 7) is 2.06. The predicted molar refractivity (Wildman–Crippen MR) is 36.6 cm³/mol. The number of rotatable bonds is 0. The van der Waals surface area contributed by atoms with E-state index in [-0.39, 0.29) is 17.0 Å². The standard InChI is InChI=1S/C6H6N2S.BrH/c1-5-4-8-2-3-9-6(8)7-5;/h2-4H,1H3;1H.